The van der Waals surface area contributed by atoms with Crippen LogP contribution in [0.5, 0.6) is 0 Å². The summed E-state index contributed by atoms with van der Waals surface area (Å²) >= 11 is 0. The van der Waals surface area contributed by atoms with Gasteiger partial charge in [0.1, 0.15) is 4.90 Å². The molecule has 0 spiro atoms. The van der Waals surface area contributed by atoms with Crippen molar-refractivity contribution in [2.24, 2.45) is 10.2 Å². The van der Waals surface area contributed by atoms with Crippen LogP contribution in [0.1, 0.15) is 0 Å². The van der Waals surface area contributed by atoms with E-state index in [1.54, 1.807) is 24.3 Å². The van der Waals surface area contributed by atoms with Crippen LogP contribution in [0.4, 0.5) is 17.1 Å². The van der Waals surface area contributed by atoms with Gasteiger partial charge in [0.05, 0.1) is 11.4 Å². The molecule has 3 rings (SSSR count). The molecule has 0 heterocycles. The molecule has 0 aliphatic rings. The van der Waals surface area contributed by atoms with Gasteiger partial charge in [-0.15, -0.1) is 5.11 Å². The molecule has 0 aromatic heterocycles. The number of nitrogen functional groups attached to an aromatic ring is 1. The molecule has 0 aliphatic carbocycles. The van der Waals surface area contributed by atoms with E-state index >= 15 is 0 Å². The molecule has 0 bridgehead atoms. The smallest absolute Gasteiger partial charge is 0.295 e. The van der Waals surface area contributed by atoms with Crippen LogP contribution in [0.25, 0.3) is 10.8 Å². The van der Waals surface area contributed by atoms with Crippen LogP contribution in [0.15, 0.2) is 75.8 Å². The van der Waals surface area contributed by atoms with Crippen molar-refractivity contribution in [1.29, 1.82) is 0 Å². The number of nitrogens with zero attached hydrogens (tertiary/aromatic N) is 2. The molecule has 7 heteroatoms. The first kappa shape index (κ1) is 15.1. The van der Waals surface area contributed by atoms with Gasteiger partial charge in [-0.05, 0) is 30.3 Å². The fourth-order valence-corrected chi connectivity index (χ4v) is 3.03. The predicted octanol–water partition coefficient (Wildman–Crippen LogP) is 4.08. The third-order valence-electron chi connectivity index (χ3n) is 3.32. The van der Waals surface area contributed by atoms with E-state index in [0.717, 1.165) is 0 Å². The summed E-state index contributed by atoms with van der Waals surface area (Å²) < 4.78 is 32.4. The quantitative estimate of drug-likeness (QED) is 0.429. The molecule has 0 radical (unpaired) electrons. The second-order valence-electron chi connectivity index (χ2n) is 4.86. The molecule has 23 heavy (non-hydrogen) atoms. The fourth-order valence-electron chi connectivity index (χ4n) is 2.29. The summed E-state index contributed by atoms with van der Waals surface area (Å²) in [6, 6.07) is 16.8. The molecule has 0 atom stereocenters. The minimum Gasteiger partial charge on any atom is -0.398 e. The number of rotatable bonds is 3. The van der Waals surface area contributed by atoms with E-state index in [1.807, 2.05) is 18.2 Å². The third kappa shape index (κ3) is 3.05. The molecule has 6 nitrogen and oxygen atoms in total. The lowest BCUT2D eigenvalue weighted by atomic mass is 10.1. The first-order valence-corrected chi connectivity index (χ1v) is 8.16. The average molecular weight is 327 g/mol. The molecule has 0 saturated heterocycles. The van der Waals surface area contributed by atoms with E-state index < -0.39 is 10.1 Å². The fraction of sp³-hybridized carbons (Fsp3) is 0. The summed E-state index contributed by atoms with van der Waals surface area (Å²) in [5.41, 5.74) is 7.26. The summed E-state index contributed by atoms with van der Waals surface area (Å²) in [5, 5.41) is 9.02. The van der Waals surface area contributed by atoms with Gasteiger partial charge >= 0.3 is 0 Å². The number of anilines is 1. The SMILES string of the molecule is Nc1ccc(/N=N/c2ccccc2)c2cccc(S(=O)(=O)O)c12. The molecule has 0 unspecified atom stereocenters. The third-order valence-corrected chi connectivity index (χ3v) is 4.21. The molecule has 3 aromatic rings. The van der Waals surface area contributed by atoms with Gasteiger partial charge in [0.2, 0.25) is 0 Å². The van der Waals surface area contributed by atoms with Crippen molar-refractivity contribution in [2.45, 2.75) is 4.90 Å². The van der Waals surface area contributed by atoms with Crippen molar-refractivity contribution in [2.75, 3.05) is 5.73 Å². The standard InChI is InChI=1S/C16H13N3O3S/c17-13-9-10-14(19-18-11-5-2-1-3-6-11)12-7-4-8-15(16(12)13)23(20,21)22/h1-10H,17H2,(H,20,21,22)/b19-18+. The maximum absolute atomic E-state index is 11.5. The summed E-state index contributed by atoms with van der Waals surface area (Å²) in [4.78, 5) is -0.246. The maximum atomic E-state index is 11.5. The van der Waals surface area contributed by atoms with Crippen molar-refractivity contribution in [3.05, 3.63) is 60.7 Å². The highest BCUT2D eigenvalue weighted by atomic mass is 32.2. The molecular weight excluding hydrogens is 314 g/mol. The summed E-state index contributed by atoms with van der Waals surface area (Å²) in [5.74, 6) is 0. The van der Waals surface area contributed by atoms with E-state index in [0.29, 0.717) is 16.8 Å². The number of hydrogen-bond donors (Lipinski definition) is 2. The normalized spacial score (nSPS) is 12.0. The van der Waals surface area contributed by atoms with Crippen LogP contribution in [0.3, 0.4) is 0 Å². The Hall–Kier alpha value is -2.77. The molecule has 3 N–H and O–H groups in total. The van der Waals surface area contributed by atoms with Crippen LogP contribution < -0.4 is 5.73 Å². The molecule has 3 aromatic carbocycles. The Labute approximate surface area is 133 Å². The van der Waals surface area contributed by atoms with E-state index in [4.69, 9.17) is 5.73 Å². The van der Waals surface area contributed by atoms with Gasteiger partial charge in [-0.2, -0.15) is 13.5 Å². The number of fused-ring (bicyclic) bond motifs is 1. The average Bonchev–Trinajstić information content (AvgIpc) is 2.54. The van der Waals surface area contributed by atoms with Gasteiger partial charge in [-0.3, -0.25) is 4.55 Å². The first-order chi connectivity index (χ1) is 11.0. The predicted molar refractivity (Wildman–Crippen MR) is 88.8 cm³/mol. The van der Waals surface area contributed by atoms with Crippen molar-refractivity contribution in [1.82, 2.24) is 0 Å². The summed E-state index contributed by atoms with van der Waals surface area (Å²) in [7, 11) is -4.39. The van der Waals surface area contributed by atoms with Crippen molar-refractivity contribution >= 4 is 38.0 Å². The molecule has 0 aliphatic heterocycles. The second kappa shape index (κ2) is 5.79. The summed E-state index contributed by atoms with van der Waals surface area (Å²) in [6.07, 6.45) is 0. The van der Waals surface area contributed by atoms with Gasteiger partial charge in [0.15, 0.2) is 0 Å². The van der Waals surface area contributed by atoms with Crippen LogP contribution in [0.2, 0.25) is 0 Å². The highest BCUT2D eigenvalue weighted by molar-refractivity contribution is 7.86. The van der Waals surface area contributed by atoms with Crippen LogP contribution in [0, 0.1) is 0 Å². The Morgan fingerprint density at radius 2 is 1.61 bits per heavy atom. The number of hydrogen-bond acceptors (Lipinski definition) is 5. The van der Waals surface area contributed by atoms with E-state index in [9.17, 15) is 13.0 Å². The lowest BCUT2D eigenvalue weighted by Gasteiger charge is -2.08. The molecule has 0 saturated carbocycles. The van der Waals surface area contributed by atoms with Crippen molar-refractivity contribution in [3.8, 4) is 0 Å². The lowest BCUT2D eigenvalue weighted by molar-refractivity contribution is 0.484. The van der Waals surface area contributed by atoms with E-state index in [1.165, 1.54) is 18.2 Å². The Balaban J connectivity index is 2.21. The van der Waals surface area contributed by atoms with Gasteiger partial charge in [-0.1, -0.05) is 30.3 Å². The van der Waals surface area contributed by atoms with Gasteiger partial charge in [-0.25, -0.2) is 0 Å². The van der Waals surface area contributed by atoms with Crippen LogP contribution in [-0.2, 0) is 10.1 Å². The molecular formula is C16H13N3O3S. The van der Waals surface area contributed by atoms with E-state index in [-0.39, 0.29) is 16.0 Å². The first-order valence-electron chi connectivity index (χ1n) is 6.72. The number of azo groups is 1. The monoisotopic (exact) mass is 327 g/mol. The maximum Gasteiger partial charge on any atom is 0.295 e. The Kier molecular flexibility index (Phi) is 3.81. The van der Waals surface area contributed by atoms with Crippen molar-refractivity contribution < 1.29 is 13.0 Å². The zero-order valence-corrected chi connectivity index (χ0v) is 12.7. The lowest BCUT2D eigenvalue weighted by Crippen LogP contribution is -2.01. The van der Waals surface area contributed by atoms with Crippen LogP contribution >= 0.6 is 0 Å². The van der Waals surface area contributed by atoms with Gasteiger partial charge in [0, 0.05) is 16.5 Å². The van der Waals surface area contributed by atoms with E-state index in [2.05, 4.69) is 10.2 Å². The minimum atomic E-state index is -4.39. The highest BCUT2D eigenvalue weighted by Gasteiger charge is 2.17. The largest absolute Gasteiger partial charge is 0.398 e. The Morgan fingerprint density at radius 3 is 2.30 bits per heavy atom. The zero-order valence-electron chi connectivity index (χ0n) is 11.9. The molecule has 0 amide bonds. The Bertz CT molecular complexity index is 1000. The summed E-state index contributed by atoms with van der Waals surface area (Å²) in [6.45, 7) is 0. The topological polar surface area (TPSA) is 105 Å². The van der Waals surface area contributed by atoms with Crippen LogP contribution in [-0.4, -0.2) is 13.0 Å². The Morgan fingerprint density at radius 1 is 0.870 bits per heavy atom. The number of benzene rings is 3. The molecule has 116 valence electrons. The zero-order chi connectivity index (χ0) is 16.4. The molecule has 0 fully saturated rings. The number of nitrogens with two attached hydrogens (primary N) is 1. The van der Waals surface area contributed by atoms with Crippen molar-refractivity contribution in [3.63, 3.8) is 0 Å². The van der Waals surface area contributed by atoms with Gasteiger partial charge < -0.3 is 5.73 Å². The van der Waals surface area contributed by atoms with Gasteiger partial charge in [0.25, 0.3) is 10.1 Å². The minimum absolute atomic E-state index is 0.236. The highest BCUT2D eigenvalue weighted by Crippen LogP contribution is 2.35. The second-order valence-corrected chi connectivity index (χ2v) is 6.25.